The number of phenols is 1. The topological polar surface area (TPSA) is 29.5 Å². The number of hydrogen-bond acceptors (Lipinski definition) is 2. The minimum atomic E-state index is 0.311. The molecule has 27 heavy (non-hydrogen) atoms. The van der Waals surface area contributed by atoms with Crippen LogP contribution in [0.25, 0.3) is 0 Å². The number of phenolic OH excluding ortho intramolecular Hbond substituents is 1. The van der Waals surface area contributed by atoms with Gasteiger partial charge in [-0.2, -0.15) is 0 Å². The average molecular weight is 371 g/mol. The number of allylic oxidation sites excluding steroid dienone is 4. The summed E-state index contributed by atoms with van der Waals surface area (Å²) < 4.78 is 4.91. The van der Waals surface area contributed by atoms with Gasteiger partial charge in [0.25, 0.3) is 0 Å². The number of aromatic hydroxyl groups is 1. The minimum Gasteiger partial charge on any atom is -0.508 e. The highest BCUT2D eigenvalue weighted by atomic mass is 16.5. The molecule has 1 unspecified atom stereocenters. The normalized spacial score (nSPS) is 25.6. The third-order valence-electron chi connectivity index (χ3n) is 5.93. The Morgan fingerprint density at radius 2 is 1.67 bits per heavy atom. The van der Waals surface area contributed by atoms with Gasteiger partial charge in [0.05, 0.1) is 6.61 Å². The van der Waals surface area contributed by atoms with Gasteiger partial charge in [-0.15, -0.1) is 0 Å². The first kappa shape index (κ1) is 21.8. The van der Waals surface area contributed by atoms with Crippen molar-refractivity contribution < 1.29 is 9.84 Å². The Labute approximate surface area is 166 Å². The molecular weight excluding hydrogens is 332 g/mol. The fourth-order valence-electron chi connectivity index (χ4n) is 3.84. The van der Waals surface area contributed by atoms with Crippen molar-refractivity contribution in [3.8, 4) is 5.75 Å². The summed E-state index contributed by atoms with van der Waals surface area (Å²) in [6.07, 6.45) is 18.1. The molecule has 0 spiro atoms. The summed E-state index contributed by atoms with van der Waals surface area (Å²) in [4.78, 5) is 0. The molecule has 1 aromatic carbocycles. The van der Waals surface area contributed by atoms with Gasteiger partial charge in [0, 0.05) is 7.11 Å². The number of methoxy groups -OCH3 is 1. The predicted molar refractivity (Wildman–Crippen MR) is 115 cm³/mol. The van der Waals surface area contributed by atoms with Crippen molar-refractivity contribution in [2.24, 2.45) is 17.8 Å². The molecule has 0 saturated heterocycles. The van der Waals surface area contributed by atoms with Gasteiger partial charge in [-0.05, 0) is 80.9 Å². The highest BCUT2D eigenvalue weighted by molar-refractivity contribution is 5.25. The summed E-state index contributed by atoms with van der Waals surface area (Å²) in [5, 5.41) is 8.95. The molecule has 150 valence electrons. The summed E-state index contributed by atoms with van der Waals surface area (Å²) in [7, 11) is 1.68. The van der Waals surface area contributed by atoms with Crippen LogP contribution < -0.4 is 0 Å². The molecule has 0 aliphatic heterocycles. The largest absolute Gasteiger partial charge is 0.508 e. The first-order chi connectivity index (χ1) is 13.1. The van der Waals surface area contributed by atoms with E-state index in [9.17, 15) is 0 Å². The van der Waals surface area contributed by atoms with Crippen molar-refractivity contribution in [2.75, 3.05) is 13.7 Å². The Kier molecular flexibility index (Phi) is 9.69. The summed E-state index contributed by atoms with van der Waals surface area (Å²) >= 11 is 0. The van der Waals surface area contributed by atoms with Crippen LogP contribution in [0.3, 0.4) is 0 Å². The average Bonchev–Trinajstić information content (AvgIpc) is 2.69. The van der Waals surface area contributed by atoms with Crippen LogP contribution in [0.15, 0.2) is 48.1 Å². The van der Waals surface area contributed by atoms with Crippen LogP contribution in [0, 0.1) is 17.8 Å². The molecule has 1 aromatic rings. The van der Waals surface area contributed by atoms with Crippen LogP contribution in [-0.2, 0) is 11.2 Å². The third-order valence-corrected chi connectivity index (χ3v) is 5.93. The SMILES string of the molecule is CC1=CCC(/C=C/C2CCC(C)CC2)CC1.COCCc1ccc(O)cc1. The van der Waals surface area contributed by atoms with Gasteiger partial charge in [-0.3, -0.25) is 0 Å². The molecule has 0 heterocycles. The van der Waals surface area contributed by atoms with E-state index in [0.29, 0.717) is 5.75 Å². The molecule has 3 rings (SSSR count). The second kappa shape index (κ2) is 12.0. The van der Waals surface area contributed by atoms with E-state index in [0.717, 1.165) is 30.8 Å². The summed E-state index contributed by atoms with van der Waals surface area (Å²) in [6, 6.07) is 7.17. The van der Waals surface area contributed by atoms with Gasteiger partial charge in [-0.25, -0.2) is 0 Å². The van der Waals surface area contributed by atoms with E-state index in [4.69, 9.17) is 9.84 Å². The molecule has 0 radical (unpaired) electrons. The lowest BCUT2D eigenvalue weighted by Crippen LogP contribution is -2.10. The zero-order chi connectivity index (χ0) is 19.5. The highest BCUT2D eigenvalue weighted by Gasteiger charge is 2.16. The van der Waals surface area contributed by atoms with Gasteiger partial charge in [0.2, 0.25) is 0 Å². The van der Waals surface area contributed by atoms with E-state index in [1.165, 1.54) is 50.5 Å². The molecule has 1 atom stereocenters. The molecule has 1 N–H and O–H groups in total. The van der Waals surface area contributed by atoms with Gasteiger partial charge >= 0.3 is 0 Å². The van der Waals surface area contributed by atoms with Crippen molar-refractivity contribution in [1.29, 1.82) is 0 Å². The Balaban J connectivity index is 0.000000208. The predicted octanol–water partition coefficient (Wildman–Crippen LogP) is 6.70. The van der Waals surface area contributed by atoms with Gasteiger partial charge in [0.1, 0.15) is 5.75 Å². The maximum atomic E-state index is 8.95. The Hall–Kier alpha value is -1.54. The minimum absolute atomic E-state index is 0.311. The van der Waals surface area contributed by atoms with Crippen molar-refractivity contribution in [2.45, 2.75) is 65.2 Å². The van der Waals surface area contributed by atoms with Crippen LogP contribution >= 0.6 is 0 Å². The van der Waals surface area contributed by atoms with E-state index in [2.05, 4.69) is 32.1 Å². The number of ether oxygens (including phenoxy) is 1. The van der Waals surface area contributed by atoms with E-state index in [1.807, 2.05) is 12.1 Å². The van der Waals surface area contributed by atoms with Crippen LogP contribution in [-0.4, -0.2) is 18.8 Å². The maximum absolute atomic E-state index is 8.95. The molecule has 0 aromatic heterocycles. The van der Waals surface area contributed by atoms with Crippen molar-refractivity contribution in [3.05, 3.63) is 53.6 Å². The fraction of sp³-hybridized carbons (Fsp3) is 0.600. The van der Waals surface area contributed by atoms with E-state index < -0.39 is 0 Å². The molecule has 0 amide bonds. The van der Waals surface area contributed by atoms with Crippen LogP contribution in [0.4, 0.5) is 0 Å². The monoisotopic (exact) mass is 370 g/mol. The zero-order valence-electron chi connectivity index (χ0n) is 17.5. The number of hydrogen-bond donors (Lipinski definition) is 1. The molecule has 2 nitrogen and oxygen atoms in total. The van der Waals surface area contributed by atoms with Gasteiger partial charge in [0.15, 0.2) is 0 Å². The van der Waals surface area contributed by atoms with Crippen LogP contribution in [0.1, 0.15) is 64.4 Å². The second-order valence-corrected chi connectivity index (χ2v) is 8.40. The lowest BCUT2D eigenvalue weighted by molar-refractivity contribution is 0.202. The van der Waals surface area contributed by atoms with E-state index in [1.54, 1.807) is 24.8 Å². The first-order valence-electron chi connectivity index (χ1n) is 10.7. The molecule has 2 aliphatic rings. The Morgan fingerprint density at radius 1 is 1.00 bits per heavy atom. The molecule has 1 fully saturated rings. The fourth-order valence-corrected chi connectivity index (χ4v) is 3.84. The van der Waals surface area contributed by atoms with E-state index >= 15 is 0 Å². The maximum Gasteiger partial charge on any atom is 0.115 e. The summed E-state index contributed by atoms with van der Waals surface area (Å²) in [5.41, 5.74) is 2.78. The Bertz CT molecular complexity index is 577. The second-order valence-electron chi connectivity index (χ2n) is 8.40. The lowest BCUT2D eigenvalue weighted by Gasteiger charge is -2.24. The van der Waals surface area contributed by atoms with Gasteiger partial charge in [-0.1, -0.05) is 55.7 Å². The lowest BCUT2D eigenvalue weighted by atomic mass is 9.81. The van der Waals surface area contributed by atoms with Crippen molar-refractivity contribution in [1.82, 2.24) is 0 Å². The van der Waals surface area contributed by atoms with Crippen LogP contribution in [0.5, 0.6) is 5.75 Å². The van der Waals surface area contributed by atoms with Gasteiger partial charge < -0.3 is 9.84 Å². The number of rotatable bonds is 5. The molecular formula is C25H38O2. The smallest absolute Gasteiger partial charge is 0.115 e. The van der Waals surface area contributed by atoms with Crippen molar-refractivity contribution >= 4 is 0 Å². The number of benzene rings is 1. The first-order valence-corrected chi connectivity index (χ1v) is 10.7. The Morgan fingerprint density at radius 3 is 2.26 bits per heavy atom. The van der Waals surface area contributed by atoms with Crippen molar-refractivity contribution in [3.63, 3.8) is 0 Å². The standard InChI is InChI=1S/C16H26.C9H12O2/c1-13-3-7-15(8-4-13)11-12-16-9-5-14(2)6-10-16;1-11-7-6-8-2-4-9(10)5-3-8/h3,11-12,14-16H,4-10H2,1-2H3;2-5,10H,6-7H2,1H3/b12-11+;. The highest BCUT2D eigenvalue weighted by Crippen LogP contribution is 2.30. The summed E-state index contributed by atoms with van der Waals surface area (Å²) in [5.74, 6) is 3.02. The molecule has 1 saturated carbocycles. The third kappa shape index (κ3) is 8.79. The van der Waals surface area contributed by atoms with E-state index in [-0.39, 0.29) is 0 Å². The van der Waals surface area contributed by atoms with Crippen LogP contribution in [0.2, 0.25) is 0 Å². The summed E-state index contributed by atoms with van der Waals surface area (Å²) in [6.45, 7) is 5.39. The molecule has 0 bridgehead atoms. The quantitative estimate of drug-likeness (QED) is 0.585. The zero-order valence-corrected chi connectivity index (χ0v) is 17.5. The molecule has 2 heteroatoms. The molecule has 2 aliphatic carbocycles.